The van der Waals surface area contributed by atoms with E-state index < -0.39 is 0 Å². The van der Waals surface area contributed by atoms with Crippen molar-refractivity contribution in [2.45, 2.75) is 0 Å². The van der Waals surface area contributed by atoms with Gasteiger partial charge >= 0.3 is 0 Å². The zero-order chi connectivity index (χ0) is 4.12. The van der Waals surface area contributed by atoms with E-state index in [2.05, 4.69) is 13.4 Å². The van der Waals surface area contributed by atoms with Crippen molar-refractivity contribution < 1.29 is 3.17 Å². The Morgan fingerprint density at radius 3 is 2.60 bits per heavy atom. The normalized spacial score (nSPS) is 5.00. The third-order valence-corrected chi connectivity index (χ3v) is 0.244. The number of azide groups is 1. The van der Waals surface area contributed by atoms with Gasteiger partial charge in [-0.05, 0) is 5.53 Å². The van der Waals surface area contributed by atoms with Gasteiger partial charge in [0.15, 0.2) is 0 Å². The first-order chi connectivity index (χ1) is 2.41. The maximum absolute atomic E-state index is 7.39. The molecule has 0 radical (unpaired) electrons. The summed E-state index contributed by atoms with van der Waals surface area (Å²) in [6, 6.07) is 0. The molecular formula is IN3O. The molecule has 0 rings (SSSR count). The molecule has 0 saturated carbocycles. The molecule has 0 aliphatic carbocycles. The van der Waals surface area contributed by atoms with Crippen molar-refractivity contribution in [1.29, 1.82) is 0 Å². The first kappa shape index (κ1) is 4.84. The van der Waals surface area contributed by atoms with Gasteiger partial charge < -0.3 is 3.17 Å². The minimum Gasteiger partial charge on any atom is -0.362 e. The van der Waals surface area contributed by atoms with E-state index in [-0.39, 0.29) is 0 Å². The van der Waals surface area contributed by atoms with Crippen LogP contribution in [0.25, 0.3) is 10.4 Å². The fourth-order valence-corrected chi connectivity index (χ4v) is 0.0926. The fourth-order valence-electron chi connectivity index (χ4n) is 0.0138. The Labute approximate surface area is 42.4 Å². The molecule has 0 aromatic rings. The minimum atomic E-state index is 1.47. The zero-order valence-electron chi connectivity index (χ0n) is 2.13. The molecule has 0 atom stereocenters. The van der Waals surface area contributed by atoms with Crippen LogP contribution in [0, 0.1) is 0 Å². The average Bonchev–Trinajstić information content (AvgIpc) is 1.41. The molecule has 5 heavy (non-hydrogen) atoms. The lowest BCUT2D eigenvalue weighted by Gasteiger charge is -1.63. The molecule has 28 valence electrons. The maximum atomic E-state index is 7.39. The molecule has 0 aliphatic heterocycles. The Morgan fingerprint density at radius 2 is 2.60 bits per heavy atom. The van der Waals surface area contributed by atoms with Crippen molar-refractivity contribution in [2.75, 3.05) is 0 Å². The fraction of sp³-hybridized carbons (Fsp3) is 0. The van der Waals surface area contributed by atoms with Gasteiger partial charge in [0.25, 0.3) is 0 Å². The summed E-state index contributed by atoms with van der Waals surface area (Å²) in [5.74, 6) is 0. The van der Waals surface area contributed by atoms with Gasteiger partial charge in [0.1, 0.15) is 5.28 Å². The van der Waals surface area contributed by atoms with Gasteiger partial charge in [-0.3, -0.25) is 0 Å². The summed E-state index contributed by atoms with van der Waals surface area (Å²) in [5, 5.41) is 2.64. The lowest BCUT2D eigenvalue weighted by Crippen LogP contribution is -1.36. The van der Waals surface area contributed by atoms with E-state index in [0.29, 0.717) is 0 Å². The smallest absolute Gasteiger partial charge is 0.203 e. The SMILES string of the molecule is [N-]=[N+]=NOI. The largest absolute Gasteiger partial charge is 0.362 e. The standard InChI is InChI=1S/IN3O/c1-5-4-3-2. The quantitative estimate of drug-likeness (QED) is 0.201. The summed E-state index contributed by atoms with van der Waals surface area (Å²) in [6.45, 7) is 0. The van der Waals surface area contributed by atoms with Gasteiger partial charge in [0.05, 0.1) is 0 Å². The van der Waals surface area contributed by atoms with Gasteiger partial charge in [-0.25, -0.2) is 0 Å². The molecule has 0 spiro atoms. The average molecular weight is 185 g/mol. The second kappa shape index (κ2) is 3.84. The van der Waals surface area contributed by atoms with E-state index >= 15 is 0 Å². The number of nitrogens with zero attached hydrogens (tertiary/aromatic N) is 3. The van der Waals surface area contributed by atoms with Crippen molar-refractivity contribution in [3.8, 4) is 0 Å². The molecule has 5 heteroatoms. The Morgan fingerprint density at radius 1 is 2.00 bits per heavy atom. The first-order valence-electron chi connectivity index (χ1n) is 0.737. The highest BCUT2D eigenvalue weighted by Crippen LogP contribution is 1.82. The van der Waals surface area contributed by atoms with Gasteiger partial charge in [0, 0.05) is 4.91 Å². The predicted molar refractivity (Wildman–Crippen MR) is 24.3 cm³/mol. The van der Waals surface area contributed by atoms with Crippen molar-refractivity contribution in [3.05, 3.63) is 10.4 Å². The lowest BCUT2D eigenvalue weighted by atomic mass is 12.9. The second-order valence-corrected chi connectivity index (χ2v) is 0.634. The zero-order valence-corrected chi connectivity index (χ0v) is 4.29. The Bertz CT molecular complexity index is 53.9. The number of hydrogen-bond acceptors (Lipinski definition) is 2. The summed E-state index contributed by atoms with van der Waals surface area (Å²) in [6.07, 6.45) is 0. The molecule has 0 N–H and O–H groups in total. The van der Waals surface area contributed by atoms with E-state index in [4.69, 9.17) is 5.53 Å². The Hall–Kier alpha value is -0.160. The minimum absolute atomic E-state index is 1.47. The lowest BCUT2D eigenvalue weighted by molar-refractivity contribution is 0.453. The third-order valence-electron chi connectivity index (χ3n) is 0.0674. The van der Waals surface area contributed by atoms with Crippen LogP contribution in [0.3, 0.4) is 0 Å². The van der Waals surface area contributed by atoms with E-state index in [1.54, 1.807) is 0 Å². The summed E-state index contributed by atoms with van der Waals surface area (Å²) in [4.78, 5) is 2.25. The van der Waals surface area contributed by atoms with Crippen LogP contribution in [-0.2, 0) is 3.17 Å². The predicted octanol–water partition coefficient (Wildman–Crippen LogP) is 1.58. The number of halogens is 1. The molecule has 4 nitrogen and oxygen atoms in total. The molecule has 0 aromatic carbocycles. The van der Waals surface area contributed by atoms with Gasteiger partial charge in [0.2, 0.25) is 23.0 Å². The molecule has 0 aliphatic rings. The highest BCUT2D eigenvalue weighted by Gasteiger charge is 1.49. The molecular weight excluding hydrogens is 185 g/mol. The maximum Gasteiger partial charge on any atom is 0.203 e. The topological polar surface area (TPSA) is 58.0 Å². The van der Waals surface area contributed by atoms with Crippen molar-refractivity contribution in [2.24, 2.45) is 5.28 Å². The number of hydrogen-bond donors (Lipinski definition) is 0. The third kappa shape index (κ3) is 3.84. The summed E-state index contributed by atoms with van der Waals surface area (Å²) in [7, 11) is 0. The van der Waals surface area contributed by atoms with Crippen LogP contribution >= 0.6 is 23.0 Å². The highest BCUT2D eigenvalue weighted by atomic mass is 127. The van der Waals surface area contributed by atoms with E-state index in [1.807, 2.05) is 0 Å². The molecule has 0 amide bonds. The summed E-state index contributed by atoms with van der Waals surface area (Å²) in [5.41, 5.74) is 7.39. The van der Waals surface area contributed by atoms with Crippen LogP contribution in [-0.4, -0.2) is 0 Å². The molecule has 0 heterocycles. The summed E-state index contributed by atoms with van der Waals surface area (Å²) < 4.78 is 3.87. The van der Waals surface area contributed by atoms with Crippen LogP contribution in [0.2, 0.25) is 0 Å². The molecule has 0 fully saturated rings. The van der Waals surface area contributed by atoms with Crippen LogP contribution in [0.1, 0.15) is 0 Å². The van der Waals surface area contributed by atoms with Gasteiger partial charge in [-0.2, -0.15) is 0 Å². The Kier molecular flexibility index (Phi) is 3.72. The van der Waals surface area contributed by atoms with E-state index in [9.17, 15) is 0 Å². The molecule has 0 saturated heterocycles. The summed E-state index contributed by atoms with van der Waals surface area (Å²) >= 11 is 1.47. The van der Waals surface area contributed by atoms with Crippen LogP contribution in [0.15, 0.2) is 5.28 Å². The molecule has 0 bridgehead atoms. The first-order valence-corrected chi connectivity index (χ1v) is 1.62. The molecule has 0 aromatic heterocycles. The second-order valence-electron chi connectivity index (χ2n) is 0.240. The number of rotatable bonds is 1. The monoisotopic (exact) mass is 185 g/mol. The van der Waals surface area contributed by atoms with Crippen molar-refractivity contribution in [3.63, 3.8) is 0 Å². The van der Waals surface area contributed by atoms with Crippen LogP contribution < -0.4 is 0 Å². The highest BCUT2D eigenvalue weighted by molar-refractivity contribution is 14.1. The van der Waals surface area contributed by atoms with Crippen LogP contribution in [0.4, 0.5) is 0 Å². The van der Waals surface area contributed by atoms with E-state index in [0.717, 1.165) is 0 Å². The van der Waals surface area contributed by atoms with Gasteiger partial charge in [-0.15, -0.1) is 0 Å². The molecule has 0 unspecified atom stereocenters. The Balaban J connectivity index is 2.93. The van der Waals surface area contributed by atoms with Crippen LogP contribution in [0.5, 0.6) is 0 Å². The van der Waals surface area contributed by atoms with E-state index in [1.165, 1.54) is 23.0 Å². The van der Waals surface area contributed by atoms with Crippen molar-refractivity contribution >= 4 is 23.0 Å². The van der Waals surface area contributed by atoms with Crippen molar-refractivity contribution in [1.82, 2.24) is 0 Å². The van der Waals surface area contributed by atoms with Gasteiger partial charge in [-0.1, -0.05) is 0 Å².